The molecule has 5 nitrogen and oxygen atoms in total. The Balaban J connectivity index is 1.80. The van der Waals surface area contributed by atoms with Gasteiger partial charge in [0.25, 0.3) is 0 Å². The largest absolute Gasteiger partial charge is 0.497 e. The van der Waals surface area contributed by atoms with E-state index >= 15 is 0 Å². The van der Waals surface area contributed by atoms with E-state index in [1.165, 1.54) is 12.8 Å². The molecule has 1 saturated carbocycles. The number of ether oxygens (including phenoxy) is 1. The highest BCUT2D eigenvalue weighted by atomic mass is 79.9. The molecular formula is C13H14BrN3O2. The summed E-state index contributed by atoms with van der Waals surface area (Å²) < 4.78 is 11.8. The van der Waals surface area contributed by atoms with Gasteiger partial charge in [-0.15, -0.1) is 10.2 Å². The second-order valence-electron chi connectivity index (χ2n) is 4.50. The molecule has 1 aliphatic carbocycles. The first kappa shape index (κ1) is 12.6. The maximum absolute atomic E-state index is 5.66. The van der Waals surface area contributed by atoms with E-state index in [1.807, 2.05) is 18.2 Å². The Bertz CT molecular complexity index is 581. The van der Waals surface area contributed by atoms with Crippen LogP contribution in [0.15, 0.2) is 27.1 Å². The summed E-state index contributed by atoms with van der Waals surface area (Å²) in [5, 5.41) is 11.5. The van der Waals surface area contributed by atoms with Gasteiger partial charge in [-0.05, 0) is 47.0 Å². The van der Waals surface area contributed by atoms with Crippen LogP contribution in [-0.2, 0) is 6.54 Å². The molecule has 1 aromatic heterocycles. The molecule has 0 amide bonds. The fourth-order valence-electron chi connectivity index (χ4n) is 1.75. The Labute approximate surface area is 119 Å². The van der Waals surface area contributed by atoms with E-state index in [0.717, 1.165) is 15.8 Å². The van der Waals surface area contributed by atoms with Crippen LogP contribution in [0.1, 0.15) is 18.7 Å². The molecule has 1 heterocycles. The van der Waals surface area contributed by atoms with Gasteiger partial charge in [0.1, 0.15) is 5.75 Å². The summed E-state index contributed by atoms with van der Waals surface area (Å²) in [4.78, 5) is 0. The Hall–Kier alpha value is -1.40. The Kier molecular flexibility index (Phi) is 3.52. The maximum atomic E-state index is 5.66. The van der Waals surface area contributed by atoms with Gasteiger partial charge in [0.05, 0.1) is 19.2 Å². The third-order valence-electron chi connectivity index (χ3n) is 2.99. The maximum Gasteiger partial charge on any atom is 0.249 e. The van der Waals surface area contributed by atoms with E-state index in [9.17, 15) is 0 Å². The molecule has 19 heavy (non-hydrogen) atoms. The summed E-state index contributed by atoms with van der Waals surface area (Å²) in [7, 11) is 1.63. The van der Waals surface area contributed by atoms with Crippen molar-refractivity contribution in [2.75, 3.05) is 7.11 Å². The third-order valence-corrected chi connectivity index (χ3v) is 3.68. The SMILES string of the molecule is COc1ccc(Br)c(-c2nnc(CNC3CC3)o2)c1. The highest BCUT2D eigenvalue weighted by Gasteiger charge is 2.21. The van der Waals surface area contributed by atoms with E-state index < -0.39 is 0 Å². The van der Waals surface area contributed by atoms with Crippen LogP contribution < -0.4 is 10.1 Å². The molecule has 0 atom stereocenters. The highest BCUT2D eigenvalue weighted by molar-refractivity contribution is 9.10. The van der Waals surface area contributed by atoms with Gasteiger partial charge in [-0.1, -0.05) is 0 Å². The number of nitrogens with zero attached hydrogens (tertiary/aromatic N) is 2. The summed E-state index contributed by atoms with van der Waals surface area (Å²) in [6, 6.07) is 6.27. The summed E-state index contributed by atoms with van der Waals surface area (Å²) in [6.45, 7) is 0.624. The highest BCUT2D eigenvalue weighted by Crippen LogP contribution is 2.31. The predicted octanol–water partition coefficient (Wildman–Crippen LogP) is 2.76. The molecule has 0 spiro atoms. The molecule has 0 bridgehead atoms. The molecule has 6 heteroatoms. The normalized spacial score (nSPS) is 14.6. The summed E-state index contributed by atoms with van der Waals surface area (Å²) >= 11 is 3.48. The number of halogens is 1. The van der Waals surface area contributed by atoms with Crippen LogP contribution in [0, 0.1) is 0 Å². The minimum absolute atomic E-state index is 0.498. The molecule has 1 N–H and O–H groups in total. The number of nitrogens with one attached hydrogen (secondary N) is 1. The van der Waals surface area contributed by atoms with Gasteiger partial charge >= 0.3 is 0 Å². The first-order valence-electron chi connectivity index (χ1n) is 6.16. The molecule has 2 aromatic rings. The van der Waals surface area contributed by atoms with Crippen LogP contribution in [0.3, 0.4) is 0 Å². The van der Waals surface area contributed by atoms with E-state index in [0.29, 0.717) is 24.4 Å². The van der Waals surface area contributed by atoms with Crippen molar-refractivity contribution >= 4 is 15.9 Å². The minimum atomic E-state index is 0.498. The van der Waals surface area contributed by atoms with Crippen LogP contribution in [0.2, 0.25) is 0 Å². The zero-order chi connectivity index (χ0) is 13.2. The molecule has 3 rings (SSSR count). The lowest BCUT2D eigenvalue weighted by atomic mass is 10.2. The minimum Gasteiger partial charge on any atom is -0.497 e. The molecular weight excluding hydrogens is 310 g/mol. The lowest BCUT2D eigenvalue weighted by Crippen LogP contribution is -2.15. The van der Waals surface area contributed by atoms with Gasteiger partial charge in [0, 0.05) is 10.5 Å². The summed E-state index contributed by atoms with van der Waals surface area (Å²) in [5.41, 5.74) is 0.838. The number of aromatic nitrogens is 2. The number of rotatable bonds is 5. The van der Waals surface area contributed by atoms with Crippen molar-refractivity contribution in [2.24, 2.45) is 0 Å². The molecule has 1 aromatic carbocycles. The van der Waals surface area contributed by atoms with E-state index in [1.54, 1.807) is 7.11 Å². The van der Waals surface area contributed by atoms with Gasteiger partial charge in [-0.2, -0.15) is 0 Å². The van der Waals surface area contributed by atoms with Gasteiger partial charge in [0.2, 0.25) is 11.8 Å². The van der Waals surface area contributed by atoms with Crippen molar-refractivity contribution in [1.82, 2.24) is 15.5 Å². The second-order valence-corrected chi connectivity index (χ2v) is 5.36. The number of hydrogen-bond donors (Lipinski definition) is 1. The molecule has 0 saturated heterocycles. The average Bonchev–Trinajstić information content (AvgIpc) is 3.15. The van der Waals surface area contributed by atoms with Crippen molar-refractivity contribution < 1.29 is 9.15 Å². The van der Waals surface area contributed by atoms with E-state index in [4.69, 9.17) is 9.15 Å². The molecule has 0 unspecified atom stereocenters. The molecule has 1 fully saturated rings. The van der Waals surface area contributed by atoms with Crippen LogP contribution in [0.5, 0.6) is 5.75 Å². The van der Waals surface area contributed by atoms with Crippen LogP contribution in [0.4, 0.5) is 0 Å². The molecule has 1 aliphatic rings. The topological polar surface area (TPSA) is 60.2 Å². The van der Waals surface area contributed by atoms with Gasteiger partial charge < -0.3 is 14.5 Å². The van der Waals surface area contributed by atoms with E-state index in [-0.39, 0.29) is 0 Å². The lowest BCUT2D eigenvalue weighted by molar-refractivity contribution is 0.414. The third kappa shape index (κ3) is 2.96. The standard InChI is InChI=1S/C13H14BrN3O2/c1-18-9-4-5-11(14)10(6-9)13-17-16-12(19-13)7-15-8-2-3-8/h4-6,8,15H,2-3,7H2,1H3. The van der Waals surface area contributed by atoms with Gasteiger partial charge in [0.15, 0.2) is 0 Å². The quantitative estimate of drug-likeness (QED) is 0.916. The van der Waals surface area contributed by atoms with Crippen molar-refractivity contribution in [1.29, 1.82) is 0 Å². The smallest absolute Gasteiger partial charge is 0.249 e. The lowest BCUT2D eigenvalue weighted by Gasteiger charge is -2.03. The van der Waals surface area contributed by atoms with Crippen LogP contribution in [0.25, 0.3) is 11.5 Å². The monoisotopic (exact) mass is 323 g/mol. The Morgan fingerprint density at radius 2 is 2.26 bits per heavy atom. The molecule has 0 aliphatic heterocycles. The van der Waals surface area contributed by atoms with Crippen molar-refractivity contribution in [3.8, 4) is 17.2 Å². The predicted molar refractivity (Wildman–Crippen MR) is 73.8 cm³/mol. The first-order chi connectivity index (χ1) is 9.26. The Morgan fingerprint density at radius 3 is 3.00 bits per heavy atom. The number of methoxy groups -OCH3 is 1. The molecule has 0 radical (unpaired) electrons. The number of hydrogen-bond acceptors (Lipinski definition) is 5. The van der Waals surface area contributed by atoms with Gasteiger partial charge in [-0.3, -0.25) is 0 Å². The zero-order valence-electron chi connectivity index (χ0n) is 10.5. The Morgan fingerprint density at radius 1 is 1.42 bits per heavy atom. The average molecular weight is 324 g/mol. The summed E-state index contributed by atoms with van der Waals surface area (Å²) in [6.07, 6.45) is 2.48. The van der Waals surface area contributed by atoms with Crippen molar-refractivity contribution in [3.63, 3.8) is 0 Å². The summed E-state index contributed by atoms with van der Waals surface area (Å²) in [5.74, 6) is 1.86. The number of benzene rings is 1. The van der Waals surface area contributed by atoms with Crippen LogP contribution in [-0.4, -0.2) is 23.3 Å². The first-order valence-corrected chi connectivity index (χ1v) is 6.95. The fraction of sp³-hybridized carbons (Fsp3) is 0.385. The fourth-order valence-corrected chi connectivity index (χ4v) is 2.16. The zero-order valence-corrected chi connectivity index (χ0v) is 12.1. The van der Waals surface area contributed by atoms with Crippen molar-refractivity contribution in [3.05, 3.63) is 28.6 Å². The van der Waals surface area contributed by atoms with Crippen LogP contribution >= 0.6 is 15.9 Å². The molecule has 100 valence electrons. The van der Waals surface area contributed by atoms with E-state index in [2.05, 4.69) is 31.4 Å². The van der Waals surface area contributed by atoms with Crippen molar-refractivity contribution in [2.45, 2.75) is 25.4 Å². The second kappa shape index (κ2) is 5.30. The van der Waals surface area contributed by atoms with Gasteiger partial charge in [-0.25, -0.2) is 0 Å².